The summed E-state index contributed by atoms with van der Waals surface area (Å²) in [7, 11) is 1.11. The van der Waals surface area contributed by atoms with Gasteiger partial charge >= 0.3 is 12.1 Å². The first-order chi connectivity index (χ1) is 33.8. The molecule has 0 aliphatic heterocycles. The molecule has 1 amide bonds. The molecular weight excluding hydrogens is 990 g/mol. The van der Waals surface area contributed by atoms with E-state index in [0.717, 1.165) is 26.6 Å². The molecule has 5 rings (SSSR count). The summed E-state index contributed by atoms with van der Waals surface area (Å²) in [6.07, 6.45) is 0.663. The minimum absolute atomic E-state index is 0.0242. The second-order valence-corrected chi connectivity index (χ2v) is 33.8. The van der Waals surface area contributed by atoms with E-state index >= 15 is 4.39 Å². The van der Waals surface area contributed by atoms with Gasteiger partial charge in [0, 0.05) is 45.8 Å². The van der Waals surface area contributed by atoms with Crippen molar-refractivity contribution in [3.63, 3.8) is 0 Å². The number of ether oxygens (including phenoxy) is 5. The molecule has 0 fully saturated rings. The second kappa shape index (κ2) is 25.3. The van der Waals surface area contributed by atoms with Crippen LogP contribution in [0.4, 0.5) is 26.0 Å². The second-order valence-electron chi connectivity index (χ2n) is 21.3. The van der Waals surface area contributed by atoms with Crippen molar-refractivity contribution in [3.8, 4) is 17.6 Å². The van der Waals surface area contributed by atoms with E-state index in [1.165, 1.54) is 35.5 Å². The van der Waals surface area contributed by atoms with Crippen LogP contribution in [-0.4, -0.2) is 119 Å². The number of nitrogens with zero attached hydrogens (tertiary/aromatic N) is 7. The molecular formula is C52H74FN7O8S2Si2. The Bertz CT molecular complexity index is 2770. The summed E-state index contributed by atoms with van der Waals surface area (Å²) in [5.74, 6) is 5.68. The van der Waals surface area contributed by atoms with Crippen molar-refractivity contribution in [2.75, 3.05) is 59.1 Å². The topological polar surface area (TPSA) is 152 Å². The minimum atomic E-state index is -2.20. The highest BCUT2D eigenvalue weighted by atomic mass is 32.1. The van der Waals surface area contributed by atoms with Crippen molar-refractivity contribution in [2.45, 2.75) is 130 Å². The first-order valence-corrected chi connectivity index (χ1v) is 32.5. The van der Waals surface area contributed by atoms with E-state index in [9.17, 15) is 9.59 Å². The largest absolute Gasteiger partial charge is 0.491 e. The number of aryl methyl sites for hydroxylation is 2. The van der Waals surface area contributed by atoms with Crippen molar-refractivity contribution in [3.05, 3.63) is 80.8 Å². The first-order valence-electron chi connectivity index (χ1n) is 24.2. The molecule has 3 heterocycles. The van der Waals surface area contributed by atoms with Crippen LogP contribution in [0.25, 0.3) is 10.2 Å². The van der Waals surface area contributed by atoms with Gasteiger partial charge in [-0.15, -0.1) is 21.5 Å². The predicted octanol–water partition coefficient (Wildman–Crippen LogP) is 11.5. The Morgan fingerprint density at radius 2 is 1.71 bits per heavy atom. The lowest BCUT2D eigenvalue weighted by molar-refractivity contribution is 0.0320. The number of amides is 1. The third-order valence-corrected chi connectivity index (χ3v) is 20.2. The molecule has 0 aliphatic carbocycles. The van der Waals surface area contributed by atoms with Crippen LogP contribution < -0.4 is 14.4 Å². The van der Waals surface area contributed by atoms with Gasteiger partial charge in [-0.05, 0) is 113 Å². The number of thiazole rings is 2. The average molecular weight is 1060 g/mol. The highest BCUT2D eigenvalue weighted by molar-refractivity contribution is 7.16. The van der Waals surface area contributed by atoms with Crippen LogP contribution in [0.3, 0.4) is 0 Å². The van der Waals surface area contributed by atoms with E-state index in [-0.39, 0.29) is 35.7 Å². The van der Waals surface area contributed by atoms with E-state index in [4.69, 9.17) is 48.3 Å². The number of benzene rings is 2. The third-order valence-electron chi connectivity index (χ3n) is 11.8. The lowest BCUT2D eigenvalue weighted by atomic mass is 10.2. The van der Waals surface area contributed by atoms with Crippen molar-refractivity contribution in [1.29, 1.82) is 0 Å². The maximum Gasteiger partial charge on any atom is 0.410 e. The fraction of sp³-hybridized carbons (Fsp3) is 0.538. The van der Waals surface area contributed by atoms with Crippen molar-refractivity contribution in [2.24, 2.45) is 4.99 Å². The molecule has 0 saturated heterocycles. The molecule has 0 saturated carbocycles. The van der Waals surface area contributed by atoms with E-state index in [1.807, 2.05) is 30.0 Å². The number of para-hydroxylation sites is 1. The van der Waals surface area contributed by atoms with Crippen LogP contribution in [-0.2, 0) is 36.5 Å². The van der Waals surface area contributed by atoms with Gasteiger partial charge in [0.2, 0.25) is 0 Å². The molecule has 15 nitrogen and oxygen atoms in total. The lowest BCUT2D eigenvalue weighted by Crippen LogP contribution is -2.45. The Balaban J connectivity index is 1.41. The van der Waals surface area contributed by atoms with Crippen LogP contribution in [0.15, 0.2) is 53.5 Å². The van der Waals surface area contributed by atoms with Crippen molar-refractivity contribution < 1.29 is 42.1 Å². The van der Waals surface area contributed by atoms with Crippen LogP contribution >= 0.6 is 22.7 Å². The Morgan fingerprint density at radius 1 is 0.972 bits per heavy atom. The molecule has 0 aliphatic rings. The summed E-state index contributed by atoms with van der Waals surface area (Å²) >= 11 is 2.92. The number of anilines is 2. The fourth-order valence-corrected chi connectivity index (χ4v) is 11.0. The van der Waals surface area contributed by atoms with Gasteiger partial charge in [-0.2, -0.15) is 4.99 Å². The number of methoxy groups -OCH3 is 2. The number of carbonyl (C=O) groups is 2. The van der Waals surface area contributed by atoms with Crippen LogP contribution in [0.2, 0.25) is 43.8 Å². The summed E-state index contributed by atoms with van der Waals surface area (Å²) in [6, 6.07) is 15.7. The molecule has 1 atom stereocenters. The third kappa shape index (κ3) is 16.8. The molecule has 1 unspecified atom stereocenters. The highest BCUT2D eigenvalue weighted by Gasteiger charge is 2.39. The number of fused-ring (bicyclic) bond motifs is 1. The van der Waals surface area contributed by atoms with Gasteiger partial charge in [0.05, 0.1) is 43.2 Å². The molecule has 392 valence electrons. The van der Waals surface area contributed by atoms with Gasteiger partial charge in [0.15, 0.2) is 47.1 Å². The monoisotopic (exact) mass is 1060 g/mol. The quantitative estimate of drug-likeness (QED) is 0.0281. The Hall–Kier alpha value is -5.02. The number of esters is 1. The Morgan fingerprint density at radius 3 is 2.36 bits per heavy atom. The van der Waals surface area contributed by atoms with E-state index in [1.54, 1.807) is 52.3 Å². The molecule has 72 heavy (non-hydrogen) atoms. The Labute approximate surface area is 435 Å². The van der Waals surface area contributed by atoms with Crippen molar-refractivity contribution >= 4 is 78.1 Å². The molecule has 0 radical (unpaired) electrons. The number of carbonyl (C=O) groups excluding carboxylic acids is 2. The number of rotatable bonds is 22. The number of aromatic nitrogens is 4. The van der Waals surface area contributed by atoms with E-state index in [0.29, 0.717) is 73.0 Å². The summed E-state index contributed by atoms with van der Waals surface area (Å²) < 4.78 is 53.6. The number of hydrogen-bond donors (Lipinski definition) is 0. The SMILES string of the molecule is COCC(CCN(c1cc(C)c(/N=c2\sc3ccccc3n2COCC[Si](C)(C)C)nn1)c1nc(C(=O)OC)c(CCCOc2ccc(C#CCN(C)C(=O)OC(C)(C)C)cc2F)s1)O[Si](C)(C)C(C)(C)C. The van der Waals surface area contributed by atoms with E-state index < -0.39 is 39.9 Å². The lowest BCUT2D eigenvalue weighted by Gasteiger charge is -2.39. The highest BCUT2D eigenvalue weighted by Crippen LogP contribution is 2.39. The fourth-order valence-electron chi connectivity index (χ4n) is 6.75. The smallest absolute Gasteiger partial charge is 0.410 e. The maximum absolute atomic E-state index is 15.2. The van der Waals surface area contributed by atoms with Crippen LogP contribution in [0.5, 0.6) is 5.75 Å². The minimum Gasteiger partial charge on any atom is -0.491 e. The zero-order valence-electron chi connectivity index (χ0n) is 44.9. The molecule has 0 bridgehead atoms. The van der Waals surface area contributed by atoms with Gasteiger partial charge in [-0.3, -0.25) is 4.57 Å². The summed E-state index contributed by atoms with van der Waals surface area (Å²) in [6.45, 7) is 27.5. The molecule has 20 heteroatoms. The summed E-state index contributed by atoms with van der Waals surface area (Å²) in [5, 5.41) is 9.95. The normalized spacial score (nSPS) is 12.9. The zero-order valence-corrected chi connectivity index (χ0v) is 48.5. The summed E-state index contributed by atoms with van der Waals surface area (Å²) in [5.41, 5.74) is 1.81. The molecule has 3 aromatic heterocycles. The maximum atomic E-state index is 15.2. The van der Waals surface area contributed by atoms with Gasteiger partial charge in [0.1, 0.15) is 12.3 Å². The Kier molecular flexibility index (Phi) is 20.3. The average Bonchev–Trinajstić information content (AvgIpc) is 3.87. The molecule has 2 aromatic carbocycles. The van der Waals surface area contributed by atoms with Gasteiger partial charge in [-0.25, -0.2) is 19.0 Å². The van der Waals surface area contributed by atoms with Crippen molar-refractivity contribution in [1.82, 2.24) is 24.6 Å². The predicted molar refractivity (Wildman–Crippen MR) is 291 cm³/mol. The zero-order chi connectivity index (χ0) is 53.0. The van der Waals surface area contributed by atoms with E-state index in [2.05, 4.69) is 82.0 Å². The molecule has 0 spiro atoms. The van der Waals surface area contributed by atoms with Gasteiger partial charge < -0.3 is 37.9 Å². The standard InChI is InChI=1S/C52H74FN7O8S2Si2/c1-36-32-44(56-57-46(36)55-49-60(35-65-30-31-71(11,12)13)40-21-16-17-22-42(40)69-49)59(28-26-38(34-63-9)68-72(14,15)52(5,6)7)48-54-45(47(61)64-10)43(70-48)23-19-29-66-41-25-24-37(33-39(41)53)20-18-27-58(8)50(62)67-51(2,3)4/h16-17,21-22,24-25,32-33,38H,19,23,26-31,34-35H2,1-15H3/b55-49-. The van der Waals surface area contributed by atoms with Crippen LogP contribution in [0, 0.1) is 24.6 Å². The van der Waals surface area contributed by atoms with Gasteiger partial charge in [0.25, 0.3) is 0 Å². The number of halogens is 1. The van der Waals surface area contributed by atoms with Crippen LogP contribution in [0.1, 0.15) is 80.9 Å². The summed E-state index contributed by atoms with van der Waals surface area (Å²) in [4.78, 5) is 40.3. The molecule has 5 aromatic rings. The first kappa shape index (κ1) is 57.9. The molecule has 0 N–H and O–H groups in total. The van der Waals surface area contributed by atoms with Gasteiger partial charge in [-0.1, -0.05) is 75.7 Å². The number of hydrogen-bond acceptors (Lipinski definition) is 15.